The number of nitrogens with zero attached hydrogens (tertiary/aromatic N) is 3. The number of ether oxygens (including phenoxy) is 1. The summed E-state index contributed by atoms with van der Waals surface area (Å²) in [6, 6.07) is 18.0. The first-order chi connectivity index (χ1) is 17.4. The molecule has 0 spiro atoms. The van der Waals surface area contributed by atoms with Crippen LogP contribution in [0.4, 0.5) is 4.79 Å². The highest BCUT2D eigenvalue weighted by Crippen LogP contribution is 2.28. The Kier molecular flexibility index (Phi) is 6.20. The number of nitrogens with one attached hydrogen (secondary N) is 1. The Labute approximate surface area is 207 Å². The third-order valence-electron chi connectivity index (χ3n) is 6.36. The molecule has 9 nitrogen and oxygen atoms in total. The maximum Gasteiger partial charge on any atom is 0.416 e. The molecule has 2 aliphatic rings. The standard InChI is InChI=1S/C27H24N4O5/c1-30(27(35)36-24-14-19(11-12-28-24)18-5-3-2-4-6-18)15-17-7-8-20-16-31(26(34)21(20)13-17)22-9-10-23(32)29-25(22)33/h2-8,11-14,22H,9-10,15-16H2,1H3,(H,29,32,33). The van der Waals surface area contributed by atoms with Gasteiger partial charge in [-0.3, -0.25) is 19.7 Å². The molecule has 1 saturated heterocycles. The maximum absolute atomic E-state index is 13.0. The third-order valence-corrected chi connectivity index (χ3v) is 6.36. The van der Waals surface area contributed by atoms with Crippen molar-refractivity contribution >= 4 is 23.8 Å². The summed E-state index contributed by atoms with van der Waals surface area (Å²) in [6.45, 7) is 0.526. The molecule has 3 aromatic rings. The second kappa shape index (κ2) is 9.61. The second-order valence-corrected chi connectivity index (χ2v) is 8.86. The Hall–Kier alpha value is -4.53. The van der Waals surface area contributed by atoms with E-state index >= 15 is 0 Å². The molecule has 4 amide bonds. The van der Waals surface area contributed by atoms with Crippen LogP contribution in [0.15, 0.2) is 66.9 Å². The molecule has 1 N–H and O–H groups in total. The fraction of sp³-hybridized carbons (Fsp3) is 0.222. The minimum atomic E-state index is -0.664. The van der Waals surface area contributed by atoms with Crippen LogP contribution < -0.4 is 10.1 Å². The summed E-state index contributed by atoms with van der Waals surface area (Å²) in [5.74, 6) is -0.828. The molecule has 0 aliphatic carbocycles. The lowest BCUT2D eigenvalue weighted by Crippen LogP contribution is -2.52. The van der Waals surface area contributed by atoms with Crippen molar-refractivity contribution in [2.75, 3.05) is 7.05 Å². The first-order valence-electron chi connectivity index (χ1n) is 11.6. The van der Waals surface area contributed by atoms with Gasteiger partial charge < -0.3 is 14.5 Å². The molecule has 36 heavy (non-hydrogen) atoms. The van der Waals surface area contributed by atoms with Crippen molar-refractivity contribution in [3.63, 3.8) is 0 Å². The van der Waals surface area contributed by atoms with Gasteiger partial charge in [-0.1, -0.05) is 42.5 Å². The third kappa shape index (κ3) is 4.68. The lowest BCUT2D eigenvalue weighted by Gasteiger charge is -2.29. The number of piperidine rings is 1. The van der Waals surface area contributed by atoms with Crippen LogP contribution >= 0.6 is 0 Å². The zero-order valence-corrected chi connectivity index (χ0v) is 19.6. The summed E-state index contributed by atoms with van der Waals surface area (Å²) in [4.78, 5) is 56.5. The quantitative estimate of drug-likeness (QED) is 0.558. The summed E-state index contributed by atoms with van der Waals surface area (Å²) >= 11 is 0. The zero-order chi connectivity index (χ0) is 25.2. The molecule has 2 aliphatic heterocycles. The van der Waals surface area contributed by atoms with Crippen molar-refractivity contribution in [1.29, 1.82) is 0 Å². The SMILES string of the molecule is CN(Cc1ccc2c(c1)C(=O)N(C1CCC(=O)NC1=O)C2)C(=O)Oc1cc(-c2ccccc2)ccn1. The van der Waals surface area contributed by atoms with Gasteiger partial charge in [0.05, 0.1) is 0 Å². The van der Waals surface area contributed by atoms with Gasteiger partial charge in [0.2, 0.25) is 17.7 Å². The molecule has 5 rings (SSSR count). The highest BCUT2D eigenvalue weighted by atomic mass is 16.6. The van der Waals surface area contributed by atoms with Crippen molar-refractivity contribution in [2.24, 2.45) is 0 Å². The minimum absolute atomic E-state index is 0.192. The van der Waals surface area contributed by atoms with Crippen LogP contribution in [-0.2, 0) is 22.7 Å². The van der Waals surface area contributed by atoms with Crippen LogP contribution in [0.5, 0.6) is 5.88 Å². The molecular formula is C27H24N4O5. The molecule has 0 bridgehead atoms. The zero-order valence-electron chi connectivity index (χ0n) is 19.6. The predicted molar refractivity (Wildman–Crippen MR) is 130 cm³/mol. The van der Waals surface area contributed by atoms with E-state index in [4.69, 9.17) is 4.74 Å². The number of pyridine rings is 1. The van der Waals surface area contributed by atoms with Crippen LogP contribution in [0.25, 0.3) is 11.1 Å². The summed E-state index contributed by atoms with van der Waals surface area (Å²) < 4.78 is 5.47. The Morgan fingerprint density at radius 3 is 2.67 bits per heavy atom. The van der Waals surface area contributed by atoms with Gasteiger partial charge in [-0.05, 0) is 40.8 Å². The number of imide groups is 1. The summed E-state index contributed by atoms with van der Waals surface area (Å²) in [7, 11) is 1.61. The second-order valence-electron chi connectivity index (χ2n) is 8.86. The van der Waals surface area contributed by atoms with E-state index in [2.05, 4.69) is 10.3 Å². The van der Waals surface area contributed by atoms with Gasteiger partial charge in [-0.2, -0.15) is 0 Å². The average molecular weight is 485 g/mol. The van der Waals surface area contributed by atoms with Crippen molar-refractivity contribution in [1.82, 2.24) is 20.1 Å². The lowest BCUT2D eigenvalue weighted by atomic mass is 10.0. The molecule has 0 saturated carbocycles. The number of hydrogen-bond donors (Lipinski definition) is 1. The molecule has 9 heteroatoms. The number of hydrogen-bond acceptors (Lipinski definition) is 6. The highest BCUT2D eigenvalue weighted by Gasteiger charge is 2.39. The van der Waals surface area contributed by atoms with E-state index in [-0.39, 0.29) is 30.7 Å². The van der Waals surface area contributed by atoms with Crippen molar-refractivity contribution in [3.05, 3.63) is 83.6 Å². The van der Waals surface area contributed by atoms with Gasteiger partial charge in [-0.15, -0.1) is 0 Å². The van der Waals surface area contributed by atoms with Gasteiger partial charge in [0.25, 0.3) is 5.91 Å². The van der Waals surface area contributed by atoms with E-state index in [0.29, 0.717) is 18.5 Å². The van der Waals surface area contributed by atoms with Gasteiger partial charge in [0, 0.05) is 44.4 Å². The summed E-state index contributed by atoms with van der Waals surface area (Å²) in [6.07, 6.45) is 1.53. The molecule has 1 fully saturated rings. The smallest absolute Gasteiger partial charge is 0.391 e. The Morgan fingerprint density at radius 2 is 1.89 bits per heavy atom. The fourth-order valence-corrected chi connectivity index (χ4v) is 4.48. The average Bonchev–Trinajstić information content (AvgIpc) is 3.20. The summed E-state index contributed by atoms with van der Waals surface area (Å²) in [5.41, 5.74) is 3.92. The Balaban J connectivity index is 1.24. The topological polar surface area (TPSA) is 109 Å². The minimum Gasteiger partial charge on any atom is -0.391 e. The molecule has 1 atom stereocenters. The Morgan fingerprint density at radius 1 is 1.08 bits per heavy atom. The number of fused-ring (bicyclic) bond motifs is 1. The van der Waals surface area contributed by atoms with E-state index in [0.717, 1.165) is 22.3 Å². The number of amides is 4. The van der Waals surface area contributed by atoms with Crippen molar-refractivity contribution in [2.45, 2.75) is 32.0 Å². The van der Waals surface area contributed by atoms with Crippen LogP contribution in [0.2, 0.25) is 0 Å². The van der Waals surface area contributed by atoms with E-state index in [9.17, 15) is 19.2 Å². The normalized spacial score (nSPS) is 17.0. The van der Waals surface area contributed by atoms with Gasteiger partial charge in [0.15, 0.2) is 0 Å². The molecule has 2 aromatic carbocycles. The number of aromatic nitrogens is 1. The van der Waals surface area contributed by atoms with Crippen LogP contribution in [0.1, 0.15) is 34.3 Å². The molecule has 0 radical (unpaired) electrons. The molecule has 3 heterocycles. The highest BCUT2D eigenvalue weighted by molar-refractivity contribution is 6.05. The number of carbonyl (C=O) groups excluding carboxylic acids is 4. The van der Waals surface area contributed by atoms with Gasteiger partial charge in [-0.25, -0.2) is 9.78 Å². The molecule has 182 valence electrons. The van der Waals surface area contributed by atoms with Crippen LogP contribution in [0, 0.1) is 0 Å². The first kappa shape index (κ1) is 23.2. The van der Waals surface area contributed by atoms with E-state index in [1.807, 2.05) is 48.5 Å². The maximum atomic E-state index is 13.0. The largest absolute Gasteiger partial charge is 0.416 e. The lowest BCUT2D eigenvalue weighted by molar-refractivity contribution is -0.136. The van der Waals surface area contributed by atoms with Crippen molar-refractivity contribution < 1.29 is 23.9 Å². The van der Waals surface area contributed by atoms with E-state index in [1.165, 1.54) is 9.80 Å². The molecule has 1 aromatic heterocycles. The fourth-order valence-electron chi connectivity index (χ4n) is 4.48. The monoisotopic (exact) mass is 484 g/mol. The van der Waals surface area contributed by atoms with Crippen LogP contribution in [0.3, 0.4) is 0 Å². The number of benzene rings is 2. The van der Waals surface area contributed by atoms with Gasteiger partial charge in [0.1, 0.15) is 6.04 Å². The number of rotatable bonds is 5. The summed E-state index contributed by atoms with van der Waals surface area (Å²) in [5, 5.41) is 2.30. The van der Waals surface area contributed by atoms with E-state index < -0.39 is 18.0 Å². The molecular weight excluding hydrogens is 460 g/mol. The number of carbonyl (C=O) groups is 4. The van der Waals surface area contributed by atoms with Gasteiger partial charge >= 0.3 is 6.09 Å². The van der Waals surface area contributed by atoms with E-state index in [1.54, 1.807) is 25.4 Å². The first-order valence-corrected chi connectivity index (χ1v) is 11.6. The molecule has 1 unspecified atom stereocenters. The van der Waals surface area contributed by atoms with Crippen molar-refractivity contribution in [3.8, 4) is 17.0 Å². The Bertz CT molecular complexity index is 1360. The van der Waals surface area contributed by atoms with Crippen LogP contribution in [-0.4, -0.2) is 51.7 Å². The predicted octanol–water partition coefficient (Wildman–Crippen LogP) is 3.14.